The molecule has 1 saturated heterocycles. The second-order valence-corrected chi connectivity index (χ2v) is 5.49. The SMILES string of the molecule is O=C1CCC(NC(=O)c2cccc([As])c2C(=O)O)C(=O)N1. The van der Waals surface area contributed by atoms with Gasteiger partial charge in [-0.3, -0.25) is 0 Å². The number of carbonyl (C=O) groups excluding carboxylic acids is 3. The number of aromatic carboxylic acids is 1. The third-order valence-electron chi connectivity index (χ3n) is 3.05. The Morgan fingerprint density at radius 1 is 1.33 bits per heavy atom. The predicted octanol–water partition coefficient (Wildman–Crippen LogP) is -1.29. The Morgan fingerprint density at radius 2 is 2.05 bits per heavy atom. The Bertz CT molecular complexity index is 643. The molecular formula is C13H11AsN2O5. The van der Waals surface area contributed by atoms with Crippen molar-refractivity contribution in [2.24, 2.45) is 0 Å². The molecule has 108 valence electrons. The van der Waals surface area contributed by atoms with Gasteiger partial charge >= 0.3 is 128 Å². The van der Waals surface area contributed by atoms with E-state index >= 15 is 0 Å². The first-order valence-corrected chi connectivity index (χ1v) is 7.04. The first-order valence-electron chi connectivity index (χ1n) is 6.10. The molecule has 21 heavy (non-hydrogen) atoms. The average molecular weight is 350 g/mol. The Hall–Kier alpha value is -2.14. The molecule has 0 aliphatic carbocycles. The minimum atomic E-state index is -1.22. The summed E-state index contributed by atoms with van der Waals surface area (Å²) in [6.07, 6.45) is 0.327. The number of amides is 3. The van der Waals surface area contributed by atoms with Crippen LogP contribution in [0.25, 0.3) is 0 Å². The number of imide groups is 1. The maximum atomic E-state index is 12.2. The van der Waals surface area contributed by atoms with Crippen LogP contribution in [0.4, 0.5) is 0 Å². The van der Waals surface area contributed by atoms with Gasteiger partial charge in [0.1, 0.15) is 0 Å². The molecule has 3 N–H and O–H groups in total. The van der Waals surface area contributed by atoms with E-state index in [0.29, 0.717) is 4.35 Å². The molecule has 1 unspecified atom stereocenters. The van der Waals surface area contributed by atoms with Crippen LogP contribution in [-0.2, 0) is 9.59 Å². The maximum absolute atomic E-state index is 12.2. The van der Waals surface area contributed by atoms with Crippen LogP contribution in [0.15, 0.2) is 18.2 Å². The number of benzene rings is 1. The third kappa shape index (κ3) is 3.31. The number of nitrogens with one attached hydrogen (secondary N) is 2. The first kappa shape index (κ1) is 15.3. The minimum absolute atomic E-state index is 0.0228. The molecule has 1 aromatic rings. The Kier molecular flexibility index (Phi) is 4.43. The number of hydrogen-bond acceptors (Lipinski definition) is 4. The quantitative estimate of drug-likeness (QED) is 0.464. The zero-order valence-corrected chi connectivity index (χ0v) is 12.6. The second-order valence-electron chi connectivity index (χ2n) is 4.48. The molecule has 1 heterocycles. The van der Waals surface area contributed by atoms with E-state index in [4.69, 9.17) is 0 Å². The third-order valence-corrected chi connectivity index (χ3v) is 3.83. The summed E-state index contributed by atoms with van der Waals surface area (Å²) in [7, 11) is 0. The molecule has 0 aromatic heterocycles. The molecule has 0 saturated carbocycles. The van der Waals surface area contributed by atoms with Gasteiger partial charge in [0.25, 0.3) is 0 Å². The fourth-order valence-corrected chi connectivity index (χ4v) is 2.66. The summed E-state index contributed by atoms with van der Waals surface area (Å²) in [5.41, 5.74) is -0.146. The summed E-state index contributed by atoms with van der Waals surface area (Å²) in [6, 6.07) is 3.65. The van der Waals surface area contributed by atoms with Gasteiger partial charge in [0.05, 0.1) is 0 Å². The van der Waals surface area contributed by atoms with Crippen LogP contribution < -0.4 is 15.0 Å². The van der Waals surface area contributed by atoms with E-state index in [1.165, 1.54) is 6.07 Å². The van der Waals surface area contributed by atoms with Crippen molar-refractivity contribution in [3.05, 3.63) is 29.3 Å². The van der Waals surface area contributed by atoms with E-state index in [0.717, 1.165) is 0 Å². The van der Waals surface area contributed by atoms with E-state index in [1.54, 1.807) is 12.1 Å². The van der Waals surface area contributed by atoms with Crippen LogP contribution in [0.3, 0.4) is 0 Å². The normalized spacial score (nSPS) is 18.0. The van der Waals surface area contributed by atoms with Crippen molar-refractivity contribution in [2.75, 3.05) is 0 Å². The monoisotopic (exact) mass is 350 g/mol. The molecule has 1 aliphatic rings. The molecule has 1 aliphatic heterocycles. The van der Waals surface area contributed by atoms with Gasteiger partial charge in [-0.25, -0.2) is 0 Å². The number of carboxylic acids is 1. The van der Waals surface area contributed by atoms with Crippen LogP contribution in [-0.4, -0.2) is 51.7 Å². The van der Waals surface area contributed by atoms with E-state index in [9.17, 15) is 24.3 Å². The number of piperidine rings is 1. The van der Waals surface area contributed by atoms with Crippen molar-refractivity contribution in [1.82, 2.24) is 10.6 Å². The van der Waals surface area contributed by atoms with Crippen molar-refractivity contribution in [2.45, 2.75) is 18.9 Å². The Labute approximate surface area is 128 Å². The van der Waals surface area contributed by atoms with E-state index in [2.05, 4.69) is 27.5 Å². The number of rotatable bonds is 3. The van der Waals surface area contributed by atoms with Crippen LogP contribution in [0.5, 0.6) is 0 Å². The molecule has 1 aromatic carbocycles. The van der Waals surface area contributed by atoms with Crippen molar-refractivity contribution < 1.29 is 24.3 Å². The summed E-state index contributed by atoms with van der Waals surface area (Å²) in [5.74, 6) is -2.85. The first-order chi connectivity index (χ1) is 9.90. The molecular weight excluding hydrogens is 339 g/mol. The standard InChI is InChI=1S/C13H11AsN2O5/c14-7-3-1-2-6(10(7)13(20)21)11(18)15-8-4-5-9(17)16-12(8)19/h1-3,8H,4-5H2,(H,15,18)(H,20,21)(H,16,17,19). The van der Waals surface area contributed by atoms with Crippen LogP contribution in [0.1, 0.15) is 33.6 Å². The predicted molar refractivity (Wildman–Crippen MR) is 72.4 cm³/mol. The Balaban J connectivity index is 2.22. The van der Waals surface area contributed by atoms with Crippen LogP contribution in [0, 0.1) is 0 Å². The summed E-state index contributed by atoms with van der Waals surface area (Å²) in [4.78, 5) is 46.0. The van der Waals surface area contributed by atoms with Gasteiger partial charge in [0.15, 0.2) is 0 Å². The van der Waals surface area contributed by atoms with Crippen molar-refractivity contribution in [3.8, 4) is 0 Å². The average Bonchev–Trinajstić information content (AvgIpc) is 2.41. The molecule has 2 radical (unpaired) electrons. The molecule has 1 atom stereocenters. The van der Waals surface area contributed by atoms with E-state index in [1.807, 2.05) is 0 Å². The van der Waals surface area contributed by atoms with Gasteiger partial charge in [-0.2, -0.15) is 0 Å². The molecule has 7 nitrogen and oxygen atoms in total. The number of carbonyl (C=O) groups is 4. The zero-order chi connectivity index (χ0) is 15.6. The van der Waals surface area contributed by atoms with Crippen molar-refractivity contribution >= 4 is 44.9 Å². The molecule has 8 heteroatoms. The van der Waals surface area contributed by atoms with Crippen LogP contribution >= 0.6 is 0 Å². The molecule has 0 spiro atoms. The molecule has 3 amide bonds. The van der Waals surface area contributed by atoms with Gasteiger partial charge < -0.3 is 0 Å². The molecule has 1 fully saturated rings. The van der Waals surface area contributed by atoms with Crippen molar-refractivity contribution in [3.63, 3.8) is 0 Å². The number of carboxylic acid groups (broad SMARTS) is 1. The van der Waals surface area contributed by atoms with Gasteiger partial charge in [-0.05, 0) is 0 Å². The summed E-state index contributed by atoms with van der Waals surface area (Å²) >= 11 is 2.09. The van der Waals surface area contributed by atoms with Crippen molar-refractivity contribution in [1.29, 1.82) is 0 Å². The molecule has 2 rings (SSSR count). The van der Waals surface area contributed by atoms with Gasteiger partial charge in [-0.1, -0.05) is 0 Å². The fourth-order valence-electron chi connectivity index (χ4n) is 2.02. The second kappa shape index (κ2) is 6.09. The summed E-state index contributed by atoms with van der Waals surface area (Å²) in [5, 5.41) is 13.8. The summed E-state index contributed by atoms with van der Waals surface area (Å²) < 4.78 is 0.394. The number of hydrogen-bond donors (Lipinski definition) is 3. The zero-order valence-electron chi connectivity index (χ0n) is 10.8. The van der Waals surface area contributed by atoms with Gasteiger partial charge in [0, 0.05) is 0 Å². The summed E-state index contributed by atoms with van der Waals surface area (Å²) in [6.45, 7) is 0. The van der Waals surface area contributed by atoms with Gasteiger partial charge in [-0.15, -0.1) is 0 Å². The van der Waals surface area contributed by atoms with Crippen LogP contribution in [0.2, 0.25) is 0 Å². The topological polar surface area (TPSA) is 113 Å². The Morgan fingerprint density at radius 3 is 2.67 bits per heavy atom. The van der Waals surface area contributed by atoms with E-state index in [-0.39, 0.29) is 29.9 Å². The molecule has 0 bridgehead atoms. The van der Waals surface area contributed by atoms with E-state index < -0.39 is 23.8 Å². The fraction of sp³-hybridized carbons (Fsp3) is 0.231. The van der Waals surface area contributed by atoms with Gasteiger partial charge in [0.2, 0.25) is 0 Å².